The van der Waals surface area contributed by atoms with E-state index in [0.717, 1.165) is 10.5 Å². The molecule has 4 heteroatoms. The zero-order valence-corrected chi connectivity index (χ0v) is 10.6. The first-order chi connectivity index (χ1) is 7.49. The lowest BCUT2D eigenvalue weighted by Gasteiger charge is -2.08. The van der Waals surface area contributed by atoms with Crippen LogP contribution in [0.3, 0.4) is 0 Å². The molecule has 0 aromatic heterocycles. The number of hydrogen-bond donors (Lipinski definition) is 1. The molecular weight excluding hydrogens is 222 g/mol. The molecule has 0 spiro atoms. The summed E-state index contributed by atoms with van der Waals surface area (Å²) in [4.78, 5) is 12.2. The van der Waals surface area contributed by atoms with Gasteiger partial charge in [-0.2, -0.15) is 0 Å². The minimum absolute atomic E-state index is 0.0662. The van der Waals surface area contributed by atoms with E-state index < -0.39 is 0 Å². The molecule has 0 aliphatic heterocycles. The Morgan fingerprint density at radius 3 is 2.75 bits per heavy atom. The average Bonchev–Trinajstić information content (AvgIpc) is 2.15. The Labute approximate surface area is 100 Å². The molecule has 3 nitrogen and oxygen atoms in total. The maximum atomic E-state index is 11.3. The number of rotatable bonds is 4. The lowest BCUT2D eigenvalue weighted by molar-refractivity contribution is -0.144. The number of benzene rings is 1. The van der Waals surface area contributed by atoms with Crippen LogP contribution in [0.1, 0.15) is 19.4 Å². The van der Waals surface area contributed by atoms with Gasteiger partial charge < -0.3 is 10.5 Å². The third-order valence-corrected chi connectivity index (χ3v) is 2.94. The normalized spacial score (nSPS) is 10.5. The maximum absolute atomic E-state index is 11.3. The largest absolute Gasteiger partial charge is 0.462 e. The first-order valence-corrected chi connectivity index (χ1v) is 6.16. The van der Waals surface area contributed by atoms with E-state index in [4.69, 9.17) is 10.5 Å². The molecule has 0 fully saturated rings. The predicted molar refractivity (Wildman–Crippen MR) is 67.5 cm³/mol. The van der Waals surface area contributed by atoms with Crippen molar-refractivity contribution in [3.05, 3.63) is 23.8 Å². The van der Waals surface area contributed by atoms with E-state index in [1.807, 2.05) is 39.0 Å². The predicted octanol–water partition coefficient (Wildman–Crippen LogP) is 2.62. The first kappa shape index (κ1) is 12.9. The smallest absolute Gasteiger partial charge is 0.316 e. The minimum Gasteiger partial charge on any atom is -0.462 e. The number of nitrogen functional groups attached to an aromatic ring is 1. The molecule has 0 radical (unpaired) electrons. The van der Waals surface area contributed by atoms with Gasteiger partial charge in [-0.1, -0.05) is 6.07 Å². The van der Waals surface area contributed by atoms with Crippen LogP contribution in [-0.2, 0) is 9.53 Å². The monoisotopic (exact) mass is 239 g/mol. The van der Waals surface area contributed by atoms with Crippen molar-refractivity contribution in [2.24, 2.45) is 0 Å². The molecule has 1 aromatic carbocycles. The van der Waals surface area contributed by atoms with Gasteiger partial charge in [0.15, 0.2) is 0 Å². The Bertz CT molecular complexity index is 377. The summed E-state index contributed by atoms with van der Waals surface area (Å²) in [5.41, 5.74) is 7.66. The van der Waals surface area contributed by atoms with E-state index in [1.54, 1.807) is 0 Å². The molecule has 2 N–H and O–H groups in total. The summed E-state index contributed by atoms with van der Waals surface area (Å²) >= 11 is 1.41. The minimum atomic E-state index is -0.208. The first-order valence-electron chi connectivity index (χ1n) is 5.17. The van der Waals surface area contributed by atoms with Crippen LogP contribution in [0.5, 0.6) is 0 Å². The van der Waals surface area contributed by atoms with Crippen LogP contribution >= 0.6 is 11.8 Å². The van der Waals surface area contributed by atoms with E-state index in [-0.39, 0.29) is 12.1 Å². The number of carbonyl (C=O) groups excluding carboxylic acids is 1. The summed E-state index contributed by atoms with van der Waals surface area (Å²) in [6.45, 7) is 5.66. The lowest BCUT2D eigenvalue weighted by Crippen LogP contribution is -2.13. The van der Waals surface area contributed by atoms with Gasteiger partial charge in [0.2, 0.25) is 0 Å². The molecule has 0 saturated carbocycles. The van der Waals surface area contributed by atoms with E-state index >= 15 is 0 Å². The van der Waals surface area contributed by atoms with E-state index in [2.05, 4.69) is 0 Å². The summed E-state index contributed by atoms with van der Waals surface area (Å²) in [5.74, 6) is 0.0887. The Morgan fingerprint density at radius 1 is 1.50 bits per heavy atom. The van der Waals surface area contributed by atoms with Crippen LogP contribution in [-0.4, -0.2) is 17.8 Å². The number of esters is 1. The quantitative estimate of drug-likeness (QED) is 0.498. The van der Waals surface area contributed by atoms with Gasteiger partial charge in [-0.15, -0.1) is 11.8 Å². The van der Waals surface area contributed by atoms with Gasteiger partial charge >= 0.3 is 5.97 Å². The highest BCUT2D eigenvalue weighted by Gasteiger charge is 2.07. The van der Waals surface area contributed by atoms with Gasteiger partial charge in [-0.25, -0.2) is 0 Å². The number of ether oxygens (including phenoxy) is 1. The molecule has 0 amide bonds. The molecule has 0 bridgehead atoms. The Kier molecular flexibility index (Phi) is 4.68. The number of anilines is 1. The van der Waals surface area contributed by atoms with Crippen LogP contribution in [0.15, 0.2) is 23.1 Å². The summed E-state index contributed by atoms with van der Waals surface area (Å²) in [5, 5.41) is 0. The number of nitrogens with two attached hydrogens (primary N) is 1. The van der Waals surface area contributed by atoms with Crippen LogP contribution < -0.4 is 5.73 Å². The van der Waals surface area contributed by atoms with Crippen LogP contribution in [0.4, 0.5) is 5.69 Å². The van der Waals surface area contributed by atoms with Crippen molar-refractivity contribution in [3.63, 3.8) is 0 Å². The standard InChI is InChI=1S/C12H17NO2S/c1-8(2)15-12(14)7-16-11-5-4-9(3)6-10(11)13/h4-6,8H,7,13H2,1-3H3. The number of carbonyl (C=O) groups is 1. The Balaban J connectivity index is 2.51. The van der Waals surface area contributed by atoms with Crippen LogP contribution in [0.25, 0.3) is 0 Å². The highest BCUT2D eigenvalue weighted by molar-refractivity contribution is 8.00. The fraction of sp³-hybridized carbons (Fsp3) is 0.417. The topological polar surface area (TPSA) is 52.3 Å². The Morgan fingerprint density at radius 2 is 2.19 bits per heavy atom. The van der Waals surface area contributed by atoms with Crippen molar-refractivity contribution in [3.8, 4) is 0 Å². The van der Waals surface area contributed by atoms with E-state index in [9.17, 15) is 4.79 Å². The summed E-state index contributed by atoms with van der Waals surface area (Å²) in [7, 11) is 0. The number of thioether (sulfide) groups is 1. The number of aryl methyl sites for hydroxylation is 1. The van der Waals surface area contributed by atoms with Crippen molar-refractivity contribution >= 4 is 23.4 Å². The molecule has 0 aliphatic carbocycles. The van der Waals surface area contributed by atoms with E-state index in [1.165, 1.54) is 11.8 Å². The molecule has 16 heavy (non-hydrogen) atoms. The fourth-order valence-electron chi connectivity index (χ4n) is 1.23. The lowest BCUT2D eigenvalue weighted by atomic mass is 10.2. The van der Waals surface area contributed by atoms with Crippen molar-refractivity contribution in [2.75, 3.05) is 11.5 Å². The fourth-order valence-corrected chi connectivity index (χ4v) is 1.96. The van der Waals surface area contributed by atoms with Crippen molar-refractivity contribution in [1.82, 2.24) is 0 Å². The molecule has 0 heterocycles. The van der Waals surface area contributed by atoms with E-state index in [0.29, 0.717) is 11.4 Å². The zero-order chi connectivity index (χ0) is 12.1. The maximum Gasteiger partial charge on any atom is 0.316 e. The zero-order valence-electron chi connectivity index (χ0n) is 9.82. The third-order valence-electron chi connectivity index (χ3n) is 1.88. The average molecular weight is 239 g/mol. The Hall–Kier alpha value is -1.16. The molecule has 0 saturated heterocycles. The van der Waals surface area contributed by atoms with Gasteiger partial charge in [0.1, 0.15) is 0 Å². The molecule has 0 aliphatic rings. The highest BCUT2D eigenvalue weighted by Crippen LogP contribution is 2.25. The van der Waals surface area contributed by atoms with Crippen molar-refractivity contribution < 1.29 is 9.53 Å². The molecule has 0 unspecified atom stereocenters. The van der Waals surface area contributed by atoms with Gasteiger partial charge in [-0.05, 0) is 38.5 Å². The number of hydrogen-bond acceptors (Lipinski definition) is 4. The van der Waals surface area contributed by atoms with Gasteiger partial charge in [0, 0.05) is 10.6 Å². The van der Waals surface area contributed by atoms with Crippen LogP contribution in [0, 0.1) is 6.92 Å². The second kappa shape index (κ2) is 5.80. The van der Waals surface area contributed by atoms with Gasteiger partial charge in [0.25, 0.3) is 0 Å². The second-order valence-electron chi connectivity index (χ2n) is 3.87. The molecule has 1 rings (SSSR count). The molecular formula is C12H17NO2S. The molecule has 88 valence electrons. The summed E-state index contributed by atoms with van der Waals surface area (Å²) in [6, 6.07) is 5.81. The van der Waals surface area contributed by atoms with Gasteiger partial charge in [0.05, 0.1) is 11.9 Å². The molecule has 0 atom stereocenters. The van der Waals surface area contributed by atoms with Crippen molar-refractivity contribution in [1.29, 1.82) is 0 Å². The van der Waals surface area contributed by atoms with Crippen LogP contribution in [0.2, 0.25) is 0 Å². The summed E-state index contributed by atoms with van der Waals surface area (Å²) < 4.78 is 5.03. The van der Waals surface area contributed by atoms with Gasteiger partial charge in [-0.3, -0.25) is 4.79 Å². The highest BCUT2D eigenvalue weighted by atomic mass is 32.2. The molecule has 1 aromatic rings. The summed E-state index contributed by atoms with van der Waals surface area (Å²) in [6.07, 6.45) is -0.0662. The SMILES string of the molecule is Cc1ccc(SCC(=O)OC(C)C)c(N)c1. The second-order valence-corrected chi connectivity index (χ2v) is 4.89. The van der Waals surface area contributed by atoms with Crippen molar-refractivity contribution in [2.45, 2.75) is 31.8 Å². The third kappa shape index (κ3) is 4.14.